The van der Waals surface area contributed by atoms with Crippen LogP contribution in [0.3, 0.4) is 0 Å². The minimum absolute atomic E-state index is 0.313. The van der Waals surface area contributed by atoms with E-state index in [1.165, 1.54) is 11.3 Å². The topological polar surface area (TPSA) is 38.8 Å². The van der Waals surface area contributed by atoms with Gasteiger partial charge in [0.15, 0.2) is 0 Å². The Bertz CT molecular complexity index is 520. The van der Waals surface area contributed by atoms with Crippen LogP contribution in [0.4, 0.5) is 5.69 Å². The maximum atomic E-state index is 12.2. The molecule has 2 aliphatic rings. The summed E-state index contributed by atoms with van der Waals surface area (Å²) in [5.74, 6) is 0.313. The molecule has 1 aromatic carbocycles. The second-order valence-corrected chi connectivity index (χ2v) is 6.55. The van der Waals surface area contributed by atoms with Crippen molar-refractivity contribution in [3.05, 3.63) is 29.8 Å². The van der Waals surface area contributed by atoms with Crippen molar-refractivity contribution in [2.45, 2.75) is 13.3 Å². The number of piperazine rings is 2. The smallest absolute Gasteiger partial charge is 0.223 e. The van der Waals surface area contributed by atoms with Crippen LogP contribution in [0.2, 0.25) is 0 Å². The number of carbonyl (C=O) groups is 1. The van der Waals surface area contributed by atoms with Crippen LogP contribution in [0.1, 0.15) is 12.0 Å². The Morgan fingerprint density at radius 1 is 1.09 bits per heavy atom. The Balaban J connectivity index is 1.41. The number of nitrogens with one attached hydrogen (secondary N) is 1. The predicted octanol–water partition coefficient (Wildman–Crippen LogP) is 0.939. The van der Waals surface area contributed by atoms with E-state index >= 15 is 0 Å². The summed E-state index contributed by atoms with van der Waals surface area (Å²) >= 11 is 0. The number of aryl methyl sites for hydroxylation is 1. The van der Waals surface area contributed by atoms with E-state index < -0.39 is 0 Å². The Hall–Kier alpha value is -1.59. The van der Waals surface area contributed by atoms with Crippen LogP contribution >= 0.6 is 0 Å². The lowest BCUT2D eigenvalue weighted by molar-refractivity contribution is -0.132. The molecule has 126 valence electrons. The van der Waals surface area contributed by atoms with Gasteiger partial charge in [0, 0.05) is 71.0 Å². The number of hydrogen-bond donors (Lipinski definition) is 1. The van der Waals surface area contributed by atoms with Crippen molar-refractivity contribution in [2.75, 3.05) is 63.8 Å². The quantitative estimate of drug-likeness (QED) is 0.897. The SMILES string of the molecule is Cc1cccc(N2CCN(CCC(=O)N3CCNCC3)CC2)c1. The molecular weight excluding hydrogens is 288 g/mol. The van der Waals surface area contributed by atoms with Crippen LogP contribution in [0.15, 0.2) is 24.3 Å². The van der Waals surface area contributed by atoms with E-state index in [1.54, 1.807) is 0 Å². The third-order valence-electron chi connectivity index (χ3n) is 4.85. The lowest BCUT2D eigenvalue weighted by Gasteiger charge is -2.36. The van der Waals surface area contributed by atoms with Gasteiger partial charge in [-0.15, -0.1) is 0 Å². The van der Waals surface area contributed by atoms with Gasteiger partial charge in [0.1, 0.15) is 0 Å². The fourth-order valence-electron chi connectivity index (χ4n) is 3.38. The Morgan fingerprint density at radius 2 is 1.83 bits per heavy atom. The van der Waals surface area contributed by atoms with Gasteiger partial charge < -0.3 is 15.1 Å². The molecule has 1 aromatic rings. The van der Waals surface area contributed by atoms with Crippen LogP contribution in [0.25, 0.3) is 0 Å². The van der Waals surface area contributed by atoms with E-state index in [4.69, 9.17) is 0 Å². The zero-order valence-electron chi connectivity index (χ0n) is 14.1. The van der Waals surface area contributed by atoms with Crippen molar-refractivity contribution in [1.82, 2.24) is 15.1 Å². The Morgan fingerprint density at radius 3 is 2.52 bits per heavy atom. The molecule has 0 spiro atoms. The maximum absolute atomic E-state index is 12.2. The summed E-state index contributed by atoms with van der Waals surface area (Å²) in [6.07, 6.45) is 0.657. The zero-order valence-corrected chi connectivity index (χ0v) is 14.1. The van der Waals surface area contributed by atoms with E-state index in [-0.39, 0.29) is 0 Å². The molecule has 0 bridgehead atoms. The van der Waals surface area contributed by atoms with Gasteiger partial charge in [-0.05, 0) is 24.6 Å². The van der Waals surface area contributed by atoms with Crippen LogP contribution < -0.4 is 10.2 Å². The van der Waals surface area contributed by atoms with Crippen molar-refractivity contribution >= 4 is 11.6 Å². The molecule has 1 N–H and O–H groups in total. The number of hydrogen-bond acceptors (Lipinski definition) is 4. The molecule has 2 heterocycles. The molecule has 1 amide bonds. The number of benzene rings is 1. The molecule has 0 unspecified atom stereocenters. The molecule has 5 heteroatoms. The van der Waals surface area contributed by atoms with Crippen molar-refractivity contribution in [3.63, 3.8) is 0 Å². The molecule has 0 aromatic heterocycles. The van der Waals surface area contributed by atoms with Crippen molar-refractivity contribution in [3.8, 4) is 0 Å². The lowest BCUT2D eigenvalue weighted by atomic mass is 10.2. The molecule has 23 heavy (non-hydrogen) atoms. The summed E-state index contributed by atoms with van der Waals surface area (Å²) in [4.78, 5) is 19.1. The van der Waals surface area contributed by atoms with Crippen molar-refractivity contribution < 1.29 is 4.79 Å². The minimum Gasteiger partial charge on any atom is -0.369 e. The number of amides is 1. The average Bonchev–Trinajstić information content (AvgIpc) is 2.61. The third-order valence-corrected chi connectivity index (χ3v) is 4.85. The predicted molar refractivity (Wildman–Crippen MR) is 93.9 cm³/mol. The molecular formula is C18H28N4O. The van der Waals surface area contributed by atoms with E-state index in [2.05, 4.69) is 46.3 Å². The first-order valence-corrected chi connectivity index (χ1v) is 8.75. The summed E-state index contributed by atoms with van der Waals surface area (Å²) in [5.41, 5.74) is 2.63. The average molecular weight is 316 g/mol. The summed E-state index contributed by atoms with van der Waals surface area (Å²) in [6.45, 7) is 10.8. The molecule has 2 fully saturated rings. The largest absolute Gasteiger partial charge is 0.369 e. The van der Waals surface area contributed by atoms with Crippen LogP contribution in [0.5, 0.6) is 0 Å². The fraction of sp³-hybridized carbons (Fsp3) is 0.611. The van der Waals surface area contributed by atoms with Gasteiger partial charge in [-0.3, -0.25) is 9.69 Å². The third kappa shape index (κ3) is 4.45. The van der Waals surface area contributed by atoms with Gasteiger partial charge >= 0.3 is 0 Å². The van der Waals surface area contributed by atoms with Crippen LogP contribution in [0, 0.1) is 6.92 Å². The molecule has 0 radical (unpaired) electrons. The Kier molecular flexibility index (Phi) is 5.51. The standard InChI is InChI=1S/C18H28N4O/c1-16-3-2-4-17(15-16)21-13-11-20(12-14-21)8-5-18(23)22-9-6-19-7-10-22/h2-4,15,19H,5-14H2,1H3. The highest BCUT2D eigenvalue weighted by atomic mass is 16.2. The molecule has 0 saturated carbocycles. The minimum atomic E-state index is 0.313. The summed E-state index contributed by atoms with van der Waals surface area (Å²) in [5, 5.41) is 3.29. The highest BCUT2D eigenvalue weighted by Crippen LogP contribution is 2.17. The molecule has 0 aliphatic carbocycles. The summed E-state index contributed by atoms with van der Waals surface area (Å²) in [7, 11) is 0. The molecule has 0 atom stereocenters. The van der Waals surface area contributed by atoms with Crippen LogP contribution in [-0.4, -0.2) is 74.6 Å². The highest BCUT2D eigenvalue weighted by molar-refractivity contribution is 5.76. The van der Waals surface area contributed by atoms with E-state index in [9.17, 15) is 4.79 Å². The molecule has 5 nitrogen and oxygen atoms in total. The normalized spacial score (nSPS) is 19.9. The van der Waals surface area contributed by atoms with E-state index in [0.717, 1.165) is 58.9 Å². The fourth-order valence-corrected chi connectivity index (χ4v) is 3.38. The van der Waals surface area contributed by atoms with Gasteiger partial charge in [0.25, 0.3) is 0 Å². The maximum Gasteiger partial charge on any atom is 0.223 e. The first kappa shape index (κ1) is 16.3. The molecule has 3 rings (SSSR count). The second kappa shape index (κ2) is 7.79. The van der Waals surface area contributed by atoms with Gasteiger partial charge in [0.05, 0.1) is 0 Å². The lowest BCUT2D eigenvalue weighted by Crippen LogP contribution is -2.49. The van der Waals surface area contributed by atoms with Gasteiger partial charge in [0.2, 0.25) is 5.91 Å². The van der Waals surface area contributed by atoms with Crippen LogP contribution in [-0.2, 0) is 4.79 Å². The first-order valence-electron chi connectivity index (χ1n) is 8.75. The van der Waals surface area contributed by atoms with Crippen molar-refractivity contribution in [2.24, 2.45) is 0 Å². The number of carbonyl (C=O) groups excluding carboxylic acids is 1. The van der Waals surface area contributed by atoms with Gasteiger partial charge in [-0.2, -0.15) is 0 Å². The second-order valence-electron chi connectivity index (χ2n) is 6.55. The van der Waals surface area contributed by atoms with Gasteiger partial charge in [-0.1, -0.05) is 12.1 Å². The van der Waals surface area contributed by atoms with E-state index in [0.29, 0.717) is 12.3 Å². The highest BCUT2D eigenvalue weighted by Gasteiger charge is 2.20. The van der Waals surface area contributed by atoms with Crippen molar-refractivity contribution in [1.29, 1.82) is 0 Å². The summed E-state index contributed by atoms with van der Waals surface area (Å²) in [6, 6.07) is 8.71. The molecule has 2 aliphatic heterocycles. The zero-order chi connectivity index (χ0) is 16.1. The monoisotopic (exact) mass is 316 g/mol. The number of anilines is 1. The van der Waals surface area contributed by atoms with E-state index in [1.807, 2.05) is 4.90 Å². The first-order chi connectivity index (χ1) is 11.2. The Labute approximate surface area is 139 Å². The number of rotatable bonds is 4. The summed E-state index contributed by atoms with van der Waals surface area (Å²) < 4.78 is 0. The van der Waals surface area contributed by atoms with Gasteiger partial charge in [-0.25, -0.2) is 0 Å². The molecule has 2 saturated heterocycles. The number of nitrogens with zero attached hydrogens (tertiary/aromatic N) is 3.